The number of carbonyl (C=O) groups excluding carboxylic acids is 1. The summed E-state index contributed by atoms with van der Waals surface area (Å²) in [5.74, 6) is 0. The van der Waals surface area contributed by atoms with Crippen molar-refractivity contribution in [2.24, 2.45) is 0 Å². The highest BCUT2D eigenvalue weighted by atomic mass is 16.7. The van der Waals surface area contributed by atoms with Crippen LogP contribution in [0.2, 0.25) is 0 Å². The van der Waals surface area contributed by atoms with E-state index < -0.39 is 6.03 Å². The van der Waals surface area contributed by atoms with Gasteiger partial charge in [0.25, 0.3) is 0 Å². The van der Waals surface area contributed by atoms with E-state index in [9.17, 15) is 4.79 Å². The minimum Gasteiger partial charge on any atom is -0.372 e. The molecule has 138 valence electrons. The van der Waals surface area contributed by atoms with Crippen LogP contribution >= 0.6 is 0 Å². The Hall–Kier alpha value is -2.57. The predicted octanol–water partition coefficient (Wildman–Crippen LogP) is 3.55. The van der Waals surface area contributed by atoms with Crippen LogP contribution in [0.15, 0.2) is 54.6 Å². The second kappa shape index (κ2) is 8.69. The van der Waals surface area contributed by atoms with E-state index in [4.69, 9.17) is 9.57 Å². The molecule has 0 aliphatic carbocycles. The smallest absolute Gasteiger partial charge is 0.343 e. The molecule has 26 heavy (non-hydrogen) atoms. The first-order valence-corrected chi connectivity index (χ1v) is 8.84. The van der Waals surface area contributed by atoms with Crippen molar-refractivity contribution < 1.29 is 14.4 Å². The molecule has 1 heterocycles. The van der Waals surface area contributed by atoms with Crippen LogP contribution in [-0.4, -0.2) is 31.3 Å². The molecule has 0 bridgehead atoms. The van der Waals surface area contributed by atoms with E-state index in [-0.39, 0.29) is 12.2 Å². The maximum absolute atomic E-state index is 12.2. The molecule has 6 nitrogen and oxygen atoms in total. The largest absolute Gasteiger partial charge is 0.372 e. The fraction of sp³-hybridized carbons (Fsp3) is 0.350. The Kier molecular flexibility index (Phi) is 6.09. The summed E-state index contributed by atoms with van der Waals surface area (Å²) in [6, 6.07) is 17.0. The summed E-state index contributed by atoms with van der Waals surface area (Å²) in [4.78, 5) is 19.7. The number of urea groups is 1. The minimum absolute atomic E-state index is 0.148. The van der Waals surface area contributed by atoms with Gasteiger partial charge in [0.15, 0.2) is 0 Å². The van der Waals surface area contributed by atoms with Crippen LogP contribution in [-0.2, 0) is 16.2 Å². The lowest BCUT2D eigenvalue weighted by Crippen LogP contribution is -2.45. The lowest BCUT2D eigenvalue weighted by molar-refractivity contribution is -0.00517. The van der Waals surface area contributed by atoms with Gasteiger partial charge >= 0.3 is 6.03 Å². The number of hydrogen-bond acceptors (Lipinski definition) is 4. The van der Waals surface area contributed by atoms with E-state index in [1.807, 2.05) is 54.6 Å². The molecule has 1 fully saturated rings. The first-order valence-electron chi connectivity index (χ1n) is 8.84. The summed E-state index contributed by atoms with van der Waals surface area (Å²) < 4.78 is 5.79. The molecule has 2 atom stereocenters. The van der Waals surface area contributed by atoms with Crippen molar-refractivity contribution in [3.05, 3.63) is 60.2 Å². The first kappa shape index (κ1) is 18.2. The molecule has 0 spiro atoms. The fourth-order valence-electron chi connectivity index (χ4n) is 3.14. The maximum atomic E-state index is 12.2. The summed E-state index contributed by atoms with van der Waals surface area (Å²) in [5, 5.41) is 2.87. The zero-order valence-electron chi connectivity index (χ0n) is 15.1. The van der Waals surface area contributed by atoms with Crippen LogP contribution in [0.3, 0.4) is 0 Å². The Labute approximate surface area is 154 Å². The normalized spacial score (nSPS) is 19.8. The Morgan fingerprint density at radius 3 is 2.46 bits per heavy atom. The van der Waals surface area contributed by atoms with Gasteiger partial charge in [0.2, 0.25) is 0 Å². The van der Waals surface area contributed by atoms with Crippen molar-refractivity contribution in [1.29, 1.82) is 0 Å². The fourth-order valence-corrected chi connectivity index (χ4v) is 3.14. The maximum Gasteiger partial charge on any atom is 0.343 e. The van der Waals surface area contributed by atoms with Crippen LogP contribution in [0.25, 0.3) is 0 Å². The summed E-state index contributed by atoms with van der Waals surface area (Å²) in [6.07, 6.45) is 0.296. The van der Waals surface area contributed by atoms with Gasteiger partial charge in [-0.25, -0.2) is 10.3 Å². The average Bonchev–Trinajstić information content (AvgIpc) is 2.62. The molecule has 0 aromatic heterocycles. The van der Waals surface area contributed by atoms with Gasteiger partial charge in [0.05, 0.1) is 30.2 Å². The molecule has 3 rings (SSSR count). The second-order valence-corrected chi connectivity index (χ2v) is 6.51. The summed E-state index contributed by atoms with van der Waals surface area (Å²) in [6.45, 7) is 6.00. The summed E-state index contributed by atoms with van der Waals surface area (Å²) in [5.41, 5.74) is 5.15. The highest BCUT2D eigenvalue weighted by Crippen LogP contribution is 2.28. The number of hydroxylamine groups is 1. The first-order chi connectivity index (χ1) is 12.6. The molecule has 6 heteroatoms. The molecule has 0 radical (unpaired) electrons. The van der Waals surface area contributed by atoms with E-state index >= 15 is 0 Å². The van der Waals surface area contributed by atoms with Gasteiger partial charge in [0.1, 0.15) is 0 Å². The number of para-hydroxylation sites is 2. The molecular weight excluding hydrogens is 330 g/mol. The Bertz CT molecular complexity index is 713. The van der Waals surface area contributed by atoms with Crippen LogP contribution in [0, 0.1) is 0 Å². The SMILES string of the molecule is C[C@H]1CN(c2ccccc2NC(=O)NOCc2ccccc2)C[C@H](C)O1. The minimum atomic E-state index is -0.400. The molecule has 2 amide bonds. The van der Waals surface area contributed by atoms with Gasteiger partial charge in [-0.1, -0.05) is 42.5 Å². The quantitative estimate of drug-likeness (QED) is 0.805. The van der Waals surface area contributed by atoms with E-state index in [1.54, 1.807) is 0 Å². The number of carbonyl (C=O) groups is 1. The van der Waals surface area contributed by atoms with Crippen LogP contribution in [0.5, 0.6) is 0 Å². The average molecular weight is 355 g/mol. The van der Waals surface area contributed by atoms with Gasteiger partial charge in [0, 0.05) is 13.1 Å². The third-order valence-electron chi connectivity index (χ3n) is 4.16. The number of anilines is 2. The molecule has 2 N–H and O–H groups in total. The third kappa shape index (κ3) is 4.97. The van der Waals surface area contributed by atoms with Gasteiger partial charge in [-0.3, -0.25) is 4.84 Å². The lowest BCUT2D eigenvalue weighted by atomic mass is 10.1. The number of benzene rings is 2. The standard InChI is InChI=1S/C20H25N3O3/c1-15-12-23(13-16(2)26-15)19-11-7-6-10-18(19)21-20(24)22-25-14-17-8-4-3-5-9-17/h3-11,15-16H,12-14H2,1-2H3,(H2,21,22,24)/t15-,16-/m0/s1. The number of nitrogens with zero attached hydrogens (tertiary/aromatic N) is 1. The van der Waals surface area contributed by atoms with E-state index in [2.05, 4.69) is 29.5 Å². The van der Waals surface area contributed by atoms with Crippen molar-refractivity contribution >= 4 is 17.4 Å². The second-order valence-electron chi connectivity index (χ2n) is 6.51. The Morgan fingerprint density at radius 2 is 1.73 bits per heavy atom. The predicted molar refractivity (Wildman–Crippen MR) is 102 cm³/mol. The molecule has 1 aliphatic rings. The van der Waals surface area contributed by atoms with Crippen molar-refractivity contribution in [3.63, 3.8) is 0 Å². The topological polar surface area (TPSA) is 62.8 Å². The van der Waals surface area contributed by atoms with Crippen molar-refractivity contribution in [3.8, 4) is 0 Å². The number of ether oxygens (including phenoxy) is 1. The highest BCUT2D eigenvalue weighted by Gasteiger charge is 2.24. The Balaban J connectivity index is 1.58. The number of rotatable bonds is 5. The lowest BCUT2D eigenvalue weighted by Gasteiger charge is -2.37. The molecule has 2 aromatic rings. The van der Waals surface area contributed by atoms with Crippen LogP contribution < -0.4 is 15.7 Å². The molecule has 1 aliphatic heterocycles. The molecule has 1 saturated heterocycles. The van der Waals surface area contributed by atoms with Gasteiger partial charge in [-0.05, 0) is 31.5 Å². The van der Waals surface area contributed by atoms with Crippen LogP contribution in [0.4, 0.5) is 16.2 Å². The number of amides is 2. The zero-order valence-corrected chi connectivity index (χ0v) is 15.1. The van der Waals surface area contributed by atoms with Gasteiger partial charge in [-0.2, -0.15) is 0 Å². The highest BCUT2D eigenvalue weighted by molar-refractivity contribution is 5.92. The van der Waals surface area contributed by atoms with Gasteiger partial charge in [-0.15, -0.1) is 0 Å². The Morgan fingerprint density at radius 1 is 1.08 bits per heavy atom. The van der Waals surface area contributed by atoms with Crippen molar-refractivity contribution in [1.82, 2.24) is 5.48 Å². The third-order valence-corrected chi connectivity index (χ3v) is 4.16. The summed E-state index contributed by atoms with van der Waals surface area (Å²) >= 11 is 0. The monoisotopic (exact) mass is 355 g/mol. The number of nitrogens with one attached hydrogen (secondary N) is 2. The van der Waals surface area contributed by atoms with E-state index in [0.717, 1.165) is 30.0 Å². The van der Waals surface area contributed by atoms with Crippen molar-refractivity contribution in [2.75, 3.05) is 23.3 Å². The molecule has 0 unspecified atom stereocenters. The van der Waals surface area contributed by atoms with E-state index in [0.29, 0.717) is 6.61 Å². The number of morpholine rings is 1. The molecule has 0 saturated carbocycles. The van der Waals surface area contributed by atoms with Crippen LogP contribution in [0.1, 0.15) is 19.4 Å². The summed E-state index contributed by atoms with van der Waals surface area (Å²) in [7, 11) is 0. The zero-order chi connectivity index (χ0) is 18.4. The van der Waals surface area contributed by atoms with E-state index in [1.165, 1.54) is 0 Å². The number of hydrogen-bond donors (Lipinski definition) is 2. The van der Waals surface area contributed by atoms with Gasteiger partial charge < -0.3 is 15.0 Å². The van der Waals surface area contributed by atoms with Crippen molar-refractivity contribution in [2.45, 2.75) is 32.7 Å². The molecule has 2 aromatic carbocycles. The molecular formula is C20H25N3O3.